The van der Waals surface area contributed by atoms with Crippen LogP contribution in [0.2, 0.25) is 5.02 Å². The van der Waals surface area contributed by atoms with Gasteiger partial charge < -0.3 is 4.90 Å². The smallest absolute Gasteiger partial charge is 0.342 e. The molecule has 0 bridgehead atoms. The van der Waals surface area contributed by atoms with Crippen molar-refractivity contribution in [3.63, 3.8) is 0 Å². The zero-order valence-electron chi connectivity index (χ0n) is 11.1. The molecule has 1 aromatic rings. The summed E-state index contributed by atoms with van der Waals surface area (Å²) in [6, 6.07) is 5.13. The van der Waals surface area contributed by atoms with Crippen LogP contribution in [-0.4, -0.2) is 30.1 Å². The molecule has 1 saturated heterocycles. The zero-order chi connectivity index (χ0) is 15.6. The summed E-state index contributed by atoms with van der Waals surface area (Å²) in [4.78, 5) is 13.5. The van der Waals surface area contributed by atoms with Gasteiger partial charge in [-0.1, -0.05) is 23.7 Å². The summed E-state index contributed by atoms with van der Waals surface area (Å²) < 4.78 is 38.9. The number of rotatable bonds is 2. The Balaban J connectivity index is 2.05. The van der Waals surface area contributed by atoms with E-state index in [-0.39, 0.29) is 25.3 Å². The third-order valence-corrected chi connectivity index (χ3v) is 5.09. The van der Waals surface area contributed by atoms with Crippen LogP contribution in [-0.2, 0) is 11.2 Å². The van der Waals surface area contributed by atoms with E-state index in [1.54, 1.807) is 18.2 Å². The zero-order valence-corrected chi connectivity index (χ0v) is 13.4. The van der Waals surface area contributed by atoms with E-state index in [1.165, 1.54) is 4.90 Å². The highest BCUT2D eigenvalue weighted by Crippen LogP contribution is 2.33. The van der Waals surface area contributed by atoms with E-state index >= 15 is 0 Å². The number of carbonyl (C=O) groups is 1. The molecule has 1 aromatic carbocycles. The van der Waals surface area contributed by atoms with Crippen LogP contribution < -0.4 is 0 Å². The summed E-state index contributed by atoms with van der Waals surface area (Å²) in [5.74, 6) is -1.72. The molecule has 0 N–H and O–H groups in total. The molecule has 1 heterocycles. The summed E-state index contributed by atoms with van der Waals surface area (Å²) in [6.07, 6.45) is -3.72. The molecule has 1 amide bonds. The van der Waals surface area contributed by atoms with Crippen LogP contribution >= 0.6 is 27.5 Å². The third kappa shape index (κ3) is 4.13. The highest BCUT2D eigenvalue weighted by atomic mass is 79.9. The lowest BCUT2D eigenvalue weighted by Crippen LogP contribution is -2.45. The van der Waals surface area contributed by atoms with Gasteiger partial charge in [0.1, 0.15) is 0 Å². The molecule has 0 aliphatic carbocycles. The fourth-order valence-corrected chi connectivity index (χ4v) is 3.03. The van der Waals surface area contributed by atoms with Crippen molar-refractivity contribution in [1.29, 1.82) is 0 Å². The molecule has 0 aromatic heterocycles. The monoisotopic (exact) mass is 383 g/mol. The van der Waals surface area contributed by atoms with Gasteiger partial charge in [-0.05, 0) is 40.4 Å². The van der Waals surface area contributed by atoms with E-state index in [1.807, 2.05) is 0 Å². The molecular weight excluding hydrogens is 371 g/mol. The number of likely N-dealkylation sites (tertiary alicyclic amines) is 1. The molecule has 1 fully saturated rings. The van der Waals surface area contributed by atoms with Crippen LogP contribution in [0, 0.1) is 5.92 Å². The number of piperidine rings is 1. The van der Waals surface area contributed by atoms with Gasteiger partial charge in [-0.25, -0.2) is 0 Å². The first kappa shape index (κ1) is 16.6. The predicted molar refractivity (Wildman–Crippen MR) is 78.2 cm³/mol. The van der Waals surface area contributed by atoms with Crippen LogP contribution in [0.5, 0.6) is 0 Å². The number of nitrogens with zero attached hydrogens (tertiary/aromatic N) is 1. The second-order valence-electron chi connectivity index (χ2n) is 5.11. The van der Waals surface area contributed by atoms with Crippen molar-refractivity contribution in [2.24, 2.45) is 5.92 Å². The molecule has 1 atom stereocenters. The number of benzene rings is 1. The fraction of sp³-hybridized carbons (Fsp3) is 0.500. The largest absolute Gasteiger partial charge is 0.393 e. The molecule has 1 aliphatic rings. The van der Waals surface area contributed by atoms with Gasteiger partial charge >= 0.3 is 6.18 Å². The highest BCUT2D eigenvalue weighted by Gasteiger charge is 2.42. The molecule has 2 rings (SSSR count). The molecule has 2 nitrogen and oxygen atoms in total. The fourth-order valence-electron chi connectivity index (χ4n) is 2.43. The van der Waals surface area contributed by atoms with Crippen molar-refractivity contribution >= 4 is 33.4 Å². The summed E-state index contributed by atoms with van der Waals surface area (Å²) in [6.45, 7) is 0.129. The lowest BCUT2D eigenvalue weighted by molar-refractivity contribution is -0.187. The number of amides is 1. The number of halogens is 5. The van der Waals surface area contributed by atoms with Crippen LogP contribution in [0.3, 0.4) is 0 Å². The van der Waals surface area contributed by atoms with E-state index in [4.69, 9.17) is 11.6 Å². The Hall–Kier alpha value is -0.750. The van der Waals surface area contributed by atoms with Gasteiger partial charge in [-0.3, -0.25) is 4.79 Å². The first-order valence-corrected chi connectivity index (χ1v) is 7.73. The Labute approximate surface area is 134 Å². The molecule has 0 radical (unpaired) electrons. The molecule has 1 aliphatic heterocycles. The SMILES string of the molecule is O=C(Cc1cccc(Cl)c1Br)N1CCCC(C(F)(F)F)C1. The first-order valence-electron chi connectivity index (χ1n) is 6.56. The number of hydrogen-bond acceptors (Lipinski definition) is 1. The van der Waals surface area contributed by atoms with Crippen LogP contribution in [0.15, 0.2) is 22.7 Å². The molecular formula is C14H14BrClF3NO. The van der Waals surface area contributed by atoms with Gasteiger partial charge in [0.05, 0.1) is 17.4 Å². The Bertz CT molecular complexity index is 535. The Morgan fingerprint density at radius 3 is 2.81 bits per heavy atom. The Morgan fingerprint density at radius 2 is 2.14 bits per heavy atom. The molecule has 1 unspecified atom stereocenters. The topological polar surface area (TPSA) is 20.3 Å². The lowest BCUT2D eigenvalue weighted by Gasteiger charge is -2.33. The van der Waals surface area contributed by atoms with Crippen molar-refractivity contribution in [2.75, 3.05) is 13.1 Å². The van der Waals surface area contributed by atoms with E-state index in [2.05, 4.69) is 15.9 Å². The minimum absolute atomic E-state index is 0.0473. The number of hydrogen-bond donors (Lipinski definition) is 0. The molecule has 7 heteroatoms. The average molecular weight is 385 g/mol. The van der Waals surface area contributed by atoms with Crippen molar-refractivity contribution in [3.8, 4) is 0 Å². The summed E-state index contributed by atoms with van der Waals surface area (Å²) in [7, 11) is 0. The van der Waals surface area contributed by atoms with E-state index in [0.29, 0.717) is 28.0 Å². The van der Waals surface area contributed by atoms with Gasteiger partial charge in [-0.2, -0.15) is 13.2 Å². The van der Waals surface area contributed by atoms with Crippen molar-refractivity contribution in [1.82, 2.24) is 4.90 Å². The Morgan fingerprint density at radius 1 is 1.43 bits per heavy atom. The van der Waals surface area contributed by atoms with Crippen molar-refractivity contribution in [3.05, 3.63) is 33.3 Å². The van der Waals surface area contributed by atoms with Crippen LogP contribution in [0.1, 0.15) is 18.4 Å². The van der Waals surface area contributed by atoms with E-state index < -0.39 is 12.1 Å². The maximum absolute atomic E-state index is 12.8. The van der Waals surface area contributed by atoms with Gasteiger partial charge in [0, 0.05) is 17.6 Å². The first-order chi connectivity index (χ1) is 9.79. The third-order valence-electron chi connectivity index (χ3n) is 3.61. The van der Waals surface area contributed by atoms with Gasteiger partial charge in [0.2, 0.25) is 5.91 Å². The molecule has 0 spiro atoms. The average Bonchev–Trinajstić information content (AvgIpc) is 2.43. The summed E-state index contributed by atoms with van der Waals surface area (Å²) in [5.41, 5.74) is 0.682. The molecule has 21 heavy (non-hydrogen) atoms. The summed E-state index contributed by atoms with van der Waals surface area (Å²) >= 11 is 9.24. The lowest BCUT2D eigenvalue weighted by atomic mass is 9.97. The second kappa shape index (κ2) is 6.57. The predicted octanol–water partition coefficient (Wildman–Crippen LogP) is 4.45. The van der Waals surface area contributed by atoms with Gasteiger partial charge in [0.15, 0.2) is 0 Å². The van der Waals surface area contributed by atoms with E-state index in [9.17, 15) is 18.0 Å². The van der Waals surface area contributed by atoms with Crippen molar-refractivity contribution < 1.29 is 18.0 Å². The maximum Gasteiger partial charge on any atom is 0.393 e. The number of alkyl halides is 3. The molecule has 0 saturated carbocycles. The Kier molecular flexibility index (Phi) is 5.20. The minimum Gasteiger partial charge on any atom is -0.342 e. The normalized spacial score (nSPS) is 19.7. The standard InChI is InChI=1S/C14H14BrClF3NO/c15-13-9(3-1-5-11(13)16)7-12(21)20-6-2-4-10(8-20)14(17,18)19/h1,3,5,10H,2,4,6-8H2. The molecule has 116 valence electrons. The minimum atomic E-state index is -4.24. The van der Waals surface area contributed by atoms with Crippen molar-refractivity contribution in [2.45, 2.75) is 25.4 Å². The second-order valence-corrected chi connectivity index (χ2v) is 6.31. The highest BCUT2D eigenvalue weighted by molar-refractivity contribution is 9.10. The van der Waals surface area contributed by atoms with Crippen LogP contribution in [0.4, 0.5) is 13.2 Å². The maximum atomic E-state index is 12.8. The van der Waals surface area contributed by atoms with Crippen LogP contribution in [0.25, 0.3) is 0 Å². The number of carbonyl (C=O) groups excluding carboxylic acids is 1. The van der Waals surface area contributed by atoms with Gasteiger partial charge in [0.25, 0.3) is 0 Å². The van der Waals surface area contributed by atoms with Gasteiger partial charge in [-0.15, -0.1) is 0 Å². The summed E-state index contributed by atoms with van der Waals surface area (Å²) in [5, 5.41) is 0.479. The van der Waals surface area contributed by atoms with E-state index in [0.717, 1.165) is 0 Å². The quantitative estimate of drug-likeness (QED) is 0.738.